The molecule has 244 valence electrons. The molecule has 3 N–H and O–H groups in total. The van der Waals surface area contributed by atoms with Crippen LogP contribution in [0.3, 0.4) is 0 Å². The summed E-state index contributed by atoms with van der Waals surface area (Å²) in [7, 11) is 0. The van der Waals surface area contributed by atoms with E-state index in [1.807, 2.05) is 69.3 Å². The summed E-state index contributed by atoms with van der Waals surface area (Å²) < 4.78 is 16.3. The number of ether oxygens (including phenoxy) is 3. The lowest BCUT2D eigenvalue weighted by Crippen LogP contribution is -2.42. The number of esters is 1. The largest absolute Gasteiger partial charge is 0.502 e. The Balaban J connectivity index is 1.88. The van der Waals surface area contributed by atoms with Crippen LogP contribution in [0, 0.1) is 0 Å². The van der Waals surface area contributed by atoms with Crippen molar-refractivity contribution in [2.45, 2.75) is 72.4 Å². The standard InChI is InChI=1S/C37H44N2O7/c1-10-11-18-44-33(41)27-21-30(45-34(42)38-36(6,7)28-16-12-14-25(19-28)23(2)3)32(40)31(22-27)46-35(43)39-37(8,9)29-17-13-15-26(20-29)24(4)5/h12-17,19-22,40H,2,4,10-11,18H2,1,3,5-9H3,(H,38,42)(H,39,43). The van der Waals surface area contributed by atoms with Crippen LogP contribution in [-0.4, -0.2) is 29.9 Å². The number of unbranched alkanes of at least 4 members (excludes halogenated alkanes) is 1. The zero-order valence-electron chi connectivity index (χ0n) is 27.7. The summed E-state index contributed by atoms with van der Waals surface area (Å²) in [6.45, 7) is 21.0. The number of hydrogen-bond acceptors (Lipinski definition) is 7. The highest BCUT2D eigenvalue weighted by Gasteiger charge is 2.28. The van der Waals surface area contributed by atoms with Gasteiger partial charge < -0.3 is 30.0 Å². The number of carbonyl (C=O) groups excluding carboxylic acids is 3. The van der Waals surface area contributed by atoms with Gasteiger partial charge in [0.2, 0.25) is 5.75 Å². The monoisotopic (exact) mass is 628 g/mol. The quantitative estimate of drug-likeness (QED) is 0.136. The number of phenols is 1. The summed E-state index contributed by atoms with van der Waals surface area (Å²) in [6.07, 6.45) is -0.370. The normalized spacial score (nSPS) is 11.3. The van der Waals surface area contributed by atoms with Gasteiger partial charge in [0, 0.05) is 0 Å². The highest BCUT2D eigenvalue weighted by molar-refractivity contribution is 5.92. The fourth-order valence-electron chi connectivity index (χ4n) is 4.50. The number of hydrogen-bond donors (Lipinski definition) is 3. The van der Waals surface area contributed by atoms with Crippen LogP contribution in [0.2, 0.25) is 0 Å². The number of amides is 2. The van der Waals surface area contributed by atoms with Gasteiger partial charge in [0.05, 0.1) is 23.2 Å². The lowest BCUT2D eigenvalue weighted by molar-refractivity contribution is 0.0498. The molecule has 0 spiro atoms. The number of rotatable bonds is 12. The van der Waals surface area contributed by atoms with Crippen molar-refractivity contribution in [3.05, 3.63) is 102 Å². The maximum atomic E-state index is 13.1. The Kier molecular flexibility index (Phi) is 11.4. The summed E-state index contributed by atoms with van der Waals surface area (Å²) in [5.74, 6) is -2.19. The van der Waals surface area contributed by atoms with Crippen molar-refractivity contribution in [1.29, 1.82) is 0 Å². The van der Waals surface area contributed by atoms with E-state index >= 15 is 0 Å². The lowest BCUT2D eigenvalue weighted by Gasteiger charge is -2.27. The minimum absolute atomic E-state index is 0.0821. The molecule has 0 aromatic heterocycles. The molecule has 0 aliphatic rings. The molecular formula is C37H44N2O7. The Labute approximate surface area is 271 Å². The van der Waals surface area contributed by atoms with Crippen molar-refractivity contribution in [3.63, 3.8) is 0 Å². The predicted octanol–water partition coefficient (Wildman–Crippen LogP) is 8.46. The molecule has 0 unspecified atom stereocenters. The zero-order valence-corrected chi connectivity index (χ0v) is 27.7. The molecule has 0 heterocycles. The van der Waals surface area contributed by atoms with Crippen molar-refractivity contribution < 1.29 is 33.7 Å². The van der Waals surface area contributed by atoms with Gasteiger partial charge in [-0.15, -0.1) is 0 Å². The Morgan fingerprint density at radius 1 is 0.739 bits per heavy atom. The van der Waals surface area contributed by atoms with Crippen molar-refractivity contribution in [3.8, 4) is 17.2 Å². The van der Waals surface area contributed by atoms with Crippen molar-refractivity contribution >= 4 is 29.3 Å². The predicted molar refractivity (Wildman–Crippen MR) is 180 cm³/mol. The molecule has 9 nitrogen and oxygen atoms in total. The first-order valence-electron chi connectivity index (χ1n) is 15.1. The van der Waals surface area contributed by atoms with Crippen molar-refractivity contribution in [2.24, 2.45) is 0 Å². The maximum absolute atomic E-state index is 13.1. The van der Waals surface area contributed by atoms with Crippen LogP contribution in [0.4, 0.5) is 9.59 Å². The summed E-state index contributed by atoms with van der Waals surface area (Å²) in [5, 5.41) is 16.6. The third-order valence-electron chi connectivity index (χ3n) is 7.40. The van der Waals surface area contributed by atoms with E-state index in [0.717, 1.165) is 52.0 Å². The number of nitrogens with one attached hydrogen (secondary N) is 2. The van der Waals surface area contributed by atoms with Crippen LogP contribution < -0.4 is 20.1 Å². The van der Waals surface area contributed by atoms with Gasteiger partial charge in [0.15, 0.2) is 11.5 Å². The first-order valence-corrected chi connectivity index (χ1v) is 15.1. The molecule has 2 amide bonds. The number of allylic oxidation sites excluding steroid dienone is 2. The van der Waals surface area contributed by atoms with Gasteiger partial charge in [-0.2, -0.15) is 0 Å². The first-order chi connectivity index (χ1) is 21.5. The van der Waals surface area contributed by atoms with Gasteiger partial charge in [-0.05, 0) is 94.5 Å². The van der Waals surface area contributed by atoms with Crippen LogP contribution in [0.15, 0.2) is 73.8 Å². The summed E-state index contributed by atoms with van der Waals surface area (Å²) in [4.78, 5) is 39.1. The Morgan fingerprint density at radius 3 is 1.57 bits per heavy atom. The number of aromatic hydroxyl groups is 1. The molecule has 0 radical (unpaired) electrons. The summed E-state index contributed by atoms with van der Waals surface area (Å²) >= 11 is 0. The van der Waals surface area contributed by atoms with E-state index < -0.39 is 46.5 Å². The average Bonchev–Trinajstić information content (AvgIpc) is 2.98. The average molecular weight is 629 g/mol. The van der Waals surface area contributed by atoms with Gasteiger partial charge in [-0.3, -0.25) is 0 Å². The molecule has 3 rings (SSSR count). The summed E-state index contributed by atoms with van der Waals surface area (Å²) in [6, 6.07) is 17.4. The topological polar surface area (TPSA) is 123 Å². The van der Waals surface area contributed by atoms with Gasteiger partial charge in [0.1, 0.15) is 0 Å². The van der Waals surface area contributed by atoms with E-state index in [-0.39, 0.29) is 12.2 Å². The van der Waals surface area contributed by atoms with E-state index in [9.17, 15) is 19.5 Å². The SMILES string of the molecule is C=C(C)c1cccc(C(C)(C)NC(=O)Oc2cc(C(=O)OCCCC)cc(OC(=O)NC(C)(C)c3cccc(C(=C)C)c3)c2O)c1. The zero-order chi connectivity index (χ0) is 34.2. The van der Waals surface area contributed by atoms with E-state index in [4.69, 9.17) is 14.2 Å². The van der Waals surface area contributed by atoms with E-state index in [1.165, 1.54) is 0 Å². The van der Waals surface area contributed by atoms with E-state index in [0.29, 0.717) is 6.42 Å². The van der Waals surface area contributed by atoms with Crippen LogP contribution >= 0.6 is 0 Å². The second-order valence-corrected chi connectivity index (χ2v) is 12.3. The Bertz CT molecular complexity index is 1530. The Morgan fingerprint density at radius 2 is 1.17 bits per heavy atom. The molecule has 0 bridgehead atoms. The lowest BCUT2D eigenvalue weighted by atomic mass is 9.92. The molecule has 3 aromatic carbocycles. The molecule has 0 aliphatic heterocycles. The van der Waals surface area contributed by atoms with Gasteiger partial charge in [-0.1, -0.05) is 74.0 Å². The molecular weight excluding hydrogens is 584 g/mol. The third-order valence-corrected chi connectivity index (χ3v) is 7.40. The Hall–Kier alpha value is -5.05. The number of phenolic OH excluding ortho intramolecular Hbond substituents is 1. The number of benzene rings is 3. The fraction of sp³-hybridized carbons (Fsp3) is 0.324. The van der Waals surface area contributed by atoms with Gasteiger partial charge in [-0.25, -0.2) is 14.4 Å². The maximum Gasteiger partial charge on any atom is 0.413 e. The van der Waals surface area contributed by atoms with Crippen LogP contribution in [0.5, 0.6) is 17.2 Å². The third kappa shape index (κ3) is 9.23. The van der Waals surface area contributed by atoms with Crippen LogP contribution in [-0.2, 0) is 15.8 Å². The van der Waals surface area contributed by atoms with Crippen molar-refractivity contribution in [2.75, 3.05) is 6.61 Å². The second kappa shape index (κ2) is 14.8. The minimum atomic E-state index is -0.911. The van der Waals surface area contributed by atoms with E-state index in [1.54, 1.807) is 27.7 Å². The summed E-state index contributed by atoms with van der Waals surface area (Å²) in [5.41, 5.74) is 3.29. The van der Waals surface area contributed by atoms with Crippen LogP contribution in [0.25, 0.3) is 11.1 Å². The smallest absolute Gasteiger partial charge is 0.413 e. The highest BCUT2D eigenvalue weighted by atomic mass is 16.6. The minimum Gasteiger partial charge on any atom is -0.502 e. The second-order valence-electron chi connectivity index (χ2n) is 12.3. The first kappa shape index (κ1) is 35.4. The van der Waals surface area contributed by atoms with Crippen molar-refractivity contribution in [1.82, 2.24) is 10.6 Å². The van der Waals surface area contributed by atoms with E-state index in [2.05, 4.69) is 23.8 Å². The molecule has 0 aliphatic carbocycles. The molecule has 0 saturated carbocycles. The molecule has 9 heteroatoms. The van der Waals surface area contributed by atoms with Crippen LogP contribution in [0.1, 0.15) is 93.9 Å². The molecule has 46 heavy (non-hydrogen) atoms. The van der Waals surface area contributed by atoms with Gasteiger partial charge in [0.25, 0.3) is 0 Å². The molecule has 0 atom stereocenters. The molecule has 0 saturated heterocycles. The molecule has 0 fully saturated rings. The fourth-order valence-corrected chi connectivity index (χ4v) is 4.50. The van der Waals surface area contributed by atoms with Gasteiger partial charge >= 0.3 is 18.2 Å². The highest BCUT2D eigenvalue weighted by Crippen LogP contribution is 2.39. The molecule has 3 aromatic rings. The number of carbonyl (C=O) groups is 3.